The number of aromatic nitrogens is 3. The van der Waals surface area contributed by atoms with Crippen LogP contribution < -0.4 is 5.73 Å². The molecule has 0 saturated heterocycles. The lowest BCUT2D eigenvalue weighted by molar-refractivity contribution is 0.616. The molecule has 0 atom stereocenters. The number of hydrogen-bond acceptors (Lipinski definition) is 5. The number of rotatable bonds is 2. The van der Waals surface area contributed by atoms with Crippen molar-refractivity contribution in [1.29, 1.82) is 0 Å². The highest BCUT2D eigenvalue weighted by atomic mass is 16.3. The van der Waals surface area contributed by atoms with Gasteiger partial charge in [0.05, 0.1) is 0 Å². The van der Waals surface area contributed by atoms with E-state index in [1.165, 1.54) is 0 Å². The Morgan fingerprint density at radius 1 is 1.18 bits per heavy atom. The molecule has 3 rings (SSSR count). The topological polar surface area (TPSA) is 77.8 Å². The van der Waals surface area contributed by atoms with Gasteiger partial charge in [0.15, 0.2) is 11.2 Å². The minimum absolute atomic E-state index is 0.474. The van der Waals surface area contributed by atoms with Gasteiger partial charge < -0.3 is 10.2 Å². The first-order chi connectivity index (χ1) is 8.36. The lowest BCUT2D eigenvalue weighted by Crippen LogP contribution is -1.96. The average Bonchev–Trinajstić information content (AvgIpc) is 2.82. The molecule has 0 aliphatic rings. The summed E-state index contributed by atoms with van der Waals surface area (Å²) in [5, 5.41) is 0. The highest BCUT2D eigenvalue weighted by Crippen LogP contribution is 2.21. The van der Waals surface area contributed by atoms with Crippen molar-refractivity contribution in [2.75, 3.05) is 0 Å². The Kier molecular flexibility index (Phi) is 2.31. The second-order valence-electron chi connectivity index (χ2n) is 3.60. The van der Waals surface area contributed by atoms with Gasteiger partial charge in [0, 0.05) is 18.9 Å². The fraction of sp³-hybridized carbons (Fsp3) is 0.0833. The summed E-state index contributed by atoms with van der Waals surface area (Å²) < 4.78 is 5.56. The molecule has 0 fully saturated rings. The molecule has 0 aliphatic carbocycles. The molecule has 0 spiro atoms. The van der Waals surface area contributed by atoms with Crippen LogP contribution in [0, 0.1) is 0 Å². The third kappa shape index (κ3) is 1.76. The van der Waals surface area contributed by atoms with E-state index in [-0.39, 0.29) is 0 Å². The second kappa shape index (κ2) is 3.95. The van der Waals surface area contributed by atoms with Gasteiger partial charge in [-0.3, -0.25) is 4.98 Å². The average molecular weight is 226 g/mol. The summed E-state index contributed by atoms with van der Waals surface area (Å²) in [6, 6.07) is 7.38. The van der Waals surface area contributed by atoms with Crippen LogP contribution in [-0.2, 0) is 6.54 Å². The zero-order valence-corrected chi connectivity index (χ0v) is 9.00. The van der Waals surface area contributed by atoms with Gasteiger partial charge in [0.2, 0.25) is 5.89 Å². The maximum Gasteiger partial charge on any atom is 0.247 e. The molecule has 0 bridgehead atoms. The van der Waals surface area contributed by atoms with Crippen molar-refractivity contribution in [3.8, 4) is 11.6 Å². The quantitative estimate of drug-likeness (QED) is 0.720. The molecule has 0 aromatic carbocycles. The largest absolute Gasteiger partial charge is 0.433 e. The Labute approximate surface area is 97.3 Å². The fourth-order valence-corrected chi connectivity index (χ4v) is 1.55. The number of oxazole rings is 1. The molecule has 0 unspecified atom stereocenters. The smallest absolute Gasteiger partial charge is 0.247 e. The number of fused-ring (bicyclic) bond motifs is 1. The third-order valence-corrected chi connectivity index (χ3v) is 2.44. The summed E-state index contributed by atoms with van der Waals surface area (Å²) in [5.74, 6) is 0.474. The van der Waals surface area contributed by atoms with Gasteiger partial charge in [-0.2, -0.15) is 4.98 Å². The molecule has 0 saturated carbocycles. The summed E-state index contributed by atoms with van der Waals surface area (Å²) >= 11 is 0. The second-order valence-corrected chi connectivity index (χ2v) is 3.60. The number of hydrogen-bond donors (Lipinski definition) is 1. The summed E-state index contributed by atoms with van der Waals surface area (Å²) in [5.41, 5.74) is 8.42. The monoisotopic (exact) mass is 226 g/mol. The summed E-state index contributed by atoms with van der Waals surface area (Å²) in [6.07, 6.45) is 3.40. The van der Waals surface area contributed by atoms with E-state index in [2.05, 4.69) is 15.0 Å². The molecule has 0 radical (unpaired) electrons. The van der Waals surface area contributed by atoms with Crippen molar-refractivity contribution in [2.45, 2.75) is 6.54 Å². The molecular formula is C12H10N4O. The maximum atomic E-state index is 5.56. The molecule has 3 aromatic heterocycles. The lowest BCUT2D eigenvalue weighted by atomic mass is 10.2. The Balaban J connectivity index is 2.07. The van der Waals surface area contributed by atoms with Crippen LogP contribution in [0.25, 0.3) is 22.8 Å². The highest BCUT2D eigenvalue weighted by Gasteiger charge is 2.09. The first-order valence-corrected chi connectivity index (χ1v) is 5.24. The molecule has 5 nitrogen and oxygen atoms in total. The number of nitrogens with two attached hydrogens (primary N) is 1. The van der Waals surface area contributed by atoms with Gasteiger partial charge in [0.1, 0.15) is 5.69 Å². The number of nitrogens with zero attached hydrogens (tertiary/aromatic N) is 3. The molecule has 5 heteroatoms. The van der Waals surface area contributed by atoms with Crippen molar-refractivity contribution in [2.24, 2.45) is 5.73 Å². The van der Waals surface area contributed by atoms with E-state index in [4.69, 9.17) is 10.2 Å². The van der Waals surface area contributed by atoms with Crippen molar-refractivity contribution >= 4 is 11.2 Å². The van der Waals surface area contributed by atoms with Crippen LogP contribution in [-0.4, -0.2) is 15.0 Å². The minimum Gasteiger partial charge on any atom is -0.433 e. The third-order valence-electron chi connectivity index (χ3n) is 2.44. The van der Waals surface area contributed by atoms with Gasteiger partial charge in [-0.05, 0) is 23.8 Å². The van der Waals surface area contributed by atoms with Crippen molar-refractivity contribution < 1.29 is 4.42 Å². The van der Waals surface area contributed by atoms with Gasteiger partial charge in [-0.1, -0.05) is 6.07 Å². The Morgan fingerprint density at radius 3 is 2.82 bits per heavy atom. The standard InChI is InChI=1S/C12H10N4O/c13-6-8-3-4-9(15-7-8)12-16-11-10(17-12)2-1-5-14-11/h1-5,7H,6,13H2. The summed E-state index contributed by atoms with van der Waals surface area (Å²) in [4.78, 5) is 12.6. The molecule has 3 aromatic rings. The van der Waals surface area contributed by atoms with Gasteiger partial charge in [-0.15, -0.1) is 0 Å². The van der Waals surface area contributed by atoms with E-state index in [0.717, 1.165) is 5.56 Å². The van der Waals surface area contributed by atoms with Crippen molar-refractivity contribution in [1.82, 2.24) is 15.0 Å². The van der Waals surface area contributed by atoms with Crippen LogP contribution >= 0.6 is 0 Å². The molecule has 17 heavy (non-hydrogen) atoms. The molecule has 2 N–H and O–H groups in total. The van der Waals surface area contributed by atoms with Gasteiger partial charge >= 0.3 is 0 Å². The van der Waals surface area contributed by atoms with E-state index in [1.807, 2.05) is 24.3 Å². The van der Waals surface area contributed by atoms with E-state index in [1.54, 1.807) is 12.4 Å². The zero-order chi connectivity index (χ0) is 11.7. The Morgan fingerprint density at radius 2 is 2.12 bits per heavy atom. The predicted molar refractivity (Wildman–Crippen MR) is 62.9 cm³/mol. The fourth-order valence-electron chi connectivity index (χ4n) is 1.55. The van der Waals surface area contributed by atoms with Crippen LogP contribution in [0.4, 0.5) is 0 Å². The van der Waals surface area contributed by atoms with Crippen LogP contribution in [0.1, 0.15) is 5.56 Å². The van der Waals surface area contributed by atoms with E-state index in [9.17, 15) is 0 Å². The van der Waals surface area contributed by atoms with Crippen LogP contribution in [0.3, 0.4) is 0 Å². The van der Waals surface area contributed by atoms with E-state index >= 15 is 0 Å². The van der Waals surface area contributed by atoms with Crippen molar-refractivity contribution in [3.63, 3.8) is 0 Å². The van der Waals surface area contributed by atoms with Crippen LogP contribution in [0.2, 0.25) is 0 Å². The first kappa shape index (κ1) is 9.92. The molecule has 3 heterocycles. The van der Waals surface area contributed by atoms with E-state index < -0.39 is 0 Å². The Hall–Kier alpha value is -2.27. The van der Waals surface area contributed by atoms with Crippen LogP contribution in [0.15, 0.2) is 41.1 Å². The molecule has 0 aliphatic heterocycles. The SMILES string of the molecule is NCc1ccc(-c2nc3ncccc3o2)nc1. The lowest BCUT2D eigenvalue weighted by Gasteiger charge is -1.96. The minimum atomic E-state index is 0.474. The first-order valence-electron chi connectivity index (χ1n) is 5.24. The highest BCUT2D eigenvalue weighted by molar-refractivity contribution is 5.70. The number of pyridine rings is 2. The summed E-state index contributed by atoms with van der Waals surface area (Å²) in [6.45, 7) is 0.475. The zero-order valence-electron chi connectivity index (χ0n) is 9.00. The predicted octanol–water partition coefficient (Wildman–Crippen LogP) is 1.74. The van der Waals surface area contributed by atoms with Gasteiger partial charge in [0.25, 0.3) is 0 Å². The van der Waals surface area contributed by atoms with Crippen LogP contribution in [0.5, 0.6) is 0 Å². The molecule has 0 amide bonds. The Bertz CT molecular complexity index is 612. The molecule has 84 valence electrons. The summed E-state index contributed by atoms with van der Waals surface area (Å²) in [7, 11) is 0. The normalized spacial score (nSPS) is 10.9. The maximum absolute atomic E-state index is 5.56. The van der Waals surface area contributed by atoms with Gasteiger partial charge in [-0.25, -0.2) is 4.98 Å². The molecular weight excluding hydrogens is 216 g/mol. The van der Waals surface area contributed by atoms with E-state index in [0.29, 0.717) is 29.4 Å². The van der Waals surface area contributed by atoms with Crippen molar-refractivity contribution in [3.05, 3.63) is 42.2 Å².